The van der Waals surface area contributed by atoms with Gasteiger partial charge in [-0.3, -0.25) is 9.59 Å². The fourth-order valence-corrected chi connectivity index (χ4v) is 3.69. The van der Waals surface area contributed by atoms with E-state index in [-0.39, 0.29) is 11.8 Å². The quantitative estimate of drug-likeness (QED) is 0.863. The number of carbonyl (C=O) groups is 2. The average molecular weight is 280 g/mol. The third kappa shape index (κ3) is 2.84. The Morgan fingerprint density at radius 3 is 2.60 bits per heavy atom. The number of rotatable bonds is 3. The van der Waals surface area contributed by atoms with Crippen LogP contribution in [0.15, 0.2) is 0 Å². The second-order valence-corrected chi connectivity index (χ2v) is 6.50. The first-order valence-electron chi connectivity index (χ1n) is 8.14. The molecule has 0 radical (unpaired) electrons. The Hall–Kier alpha value is -1.06. The van der Waals surface area contributed by atoms with Crippen LogP contribution in [0, 0.1) is 5.92 Å². The number of carbonyl (C=O) groups excluding carboxylic acids is 2. The van der Waals surface area contributed by atoms with Gasteiger partial charge in [0.2, 0.25) is 11.8 Å². The van der Waals surface area contributed by atoms with Crippen LogP contribution in [0.5, 0.6) is 0 Å². The second kappa shape index (κ2) is 6.15. The molecule has 1 heterocycles. The summed E-state index contributed by atoms with van der Waals surface area (Å²) >= 11 is 0. The van der Waals surface area contributed by atoms with Crippen LogP contribution in [0.3, 0.4) is 0 Å². The summed E-state index contributed by atoms with van der Waals surface area (Å²) in [6.45, 7) is 6.64. The highest BCUT2D eigenvalue weighted by molar-refractivity contribution is 5.93. The summed E-state index contributed by atoms with van der Waals surface area (Å²) in [7, 11) is 0. The van der Waals surface area contributed by atoms with E-state index in [1.807, 2.05) is 18.7 Å². The van der Waals surface area contributed by atoms with E-state index in [4.69, 9.17) is 0 Å². The molecular weight excluding hydrogens is 252 g/mol. The topological polar surface area (TPSA) is 49.4 Å². The lowest BCUT2D eigenvalue weighted by Crippen LogP contribution is -2.58. The highest BCUT2D eigenvalue weighted by Crippen LogP contribution is 2.33. The standard InChI is InChI=1S/C16H28N2O2/c1-4-12-8-6-7-9-13(12)18-11-10-14(19)17-16(3,5-2)15(18)20/h12-13H,4-11H2,1-3H3,(H,17,19). The van der Waals surface area contributed by atoms with E-state index in [9.17, 15) is 9.59 Å². The molecule has 1 saturated heterocycles. The van der Waals surface area contributed by atoms with E-state index in [0.29, 0.717) is 31.3 Å². The number of hydrogen-bond donors (Lipinski definition) is 1. The Labute approximate surface area is 122 Å². The molecule has 114 valence electrons. The molecule has 2 amide bonds. The number of amides is 2. The first kappa shape index (κ1) is 15.3. The van der Waals surface area contributed by atoms with Crippen LogP contribution in [-0.2, 0) is 9.59 Å². The second-order valence-electron chi connectivity index (χ2n) is 6.50. The zero-order valence-electron chi connectivity index (χ0n) is 13.1. The highest BCUT2D eigenvalue weighted by Gasteiger charge is 2.43. The molecule has 4 heteroatoms. The van der Waals surface area contributed by atoms with E-state index in [0.717, 1.165) is 12.8 Å². The van der Waals surface area contributed by atoms with E-state index < -0.39 is 5.54 Å². The zero-order chi connectivity index (χ0) is 14.8. The van der Waals surface area contributed by atoms with E-state index in [1.54, 1.807) is 0 Å². The van der Waals surface area contributed by atoms with Crippen molar-refractivity contribution < 1.29 is 9.59 Å². The summed E-state index contributed by atoms with van der Waals surface area (Å²) < 4.78 is 0. The van der Waals surface area contributed by atoms with Crippen molar-refractivity contribution in [2.45, 2.75) is 77.3 Å². The summed E-state index contributed by atoms with van der Waals surface area (Å²) in [5.41, 5.74) is -0.719. The molecule has 1 aliphatic heterocycles. The average Bonchev–Trinajstić information content (AvgIpc) is 2.57. The number of nitrogens with zero attached hydrogens (tertiary/aromatic N) is 1. The molecule has 20 heavy (non-hydrogen) atoms. The normalized spacial score (nSPS) is 35.6. The summed E-state index contributed by atoms with van der Waals surface area (Å²) in [6.07, 6.45) is 7.01. The zero-order valence-corrected chi connectivity index (χ0v) is 13.1. The molecule has 3 atom stereocenters. The van der Waals surface area contributed by atoms with Gasteiger partial charge in [-0.05, 0) is 32.1 Å². The molecule has 0 aromatic rings. The number of hydrogen-bond acceptors (Lipinski definition) is 2. The van der Waals surface area contributed by atoms with E-state index >= 15 is 0 Å². The van der Waals surface area contributed by atoms with Gasteiger partial charge in [0.15, 0.2) is 0 Å². The summed E-state index contributed by atoms with van der Waals surface area (Å²) in [5.74, 6) is 0.729. The lowest BCUT2D eigenvalue weighted by Gasteiger charge is -2.42. The first-order valence-corrected chi connectivity index (χ1v) is 8.14. The van der Waals surface area contributed by atoms with Crippen molar-refractivity contribution in [1.29, 1.82) is 0 Å². The molecular formula is C16H28N2O2. The molecule has 0 aromatic heterocycles. The van der Waals surface area contributed by atoms with Crippen molar-refractivity contribution in [3.8, 4) is 0 Å². The summed E-state index contributed by atoms with van der Waals surface area (Å²) in [4.78, 5) is 26.8. The van der Waals surface area contributed by atoms with Crippen LogP contribution in [0.4, 0.5) is 0 Å². The lowest BCUT2D eigenvalue weighted by atomic mass is 9.81. The summed E-state index contributed by atoms with van der Waals surface area (Å²) in [5, 5.41) is 2.93. The fraction of sp³-hybridized carbons (Fsp3) is 0.875. The minimum Gasteiger partial charge on any atom is -0.342 e. The van der Waals surface area contributed by atoms with Gasteiger partial charge in [-0.15, -0.1) is 0 Å². The Kier molecular flexibility index (Phi) is 4.71. The molecule has 2 fully saturated rings. The maximum absolute atomic E-state index is 12.9. The van der Waals surface area contributed by atoms with Gasteiger partial charge in [0.1, 0.15) is 5.54 Å². The molecule has 2 aliphatic rings. The minimum absolute atomic E-state index is 0.00839. The third-order valence-electron chi connectivity index (χ3n) is 5.23. The van der Waals surface area contributed by atoms with Crippen LogP contribution in [0.25, 0.3) is 0 Å². The van der Waals surface area contributed by atoms with Gasteiger partial charge >= 0.3 is 0 Å². The predicted octanol–water partition coefficient (Wildman–Crippen LogP) is 2.47. The molecule has 2 rings (SSSR count). The number of nitrogens with one attached hydrogen (secondary N) is 1. The van der Waals surface area contributed by atoms with E-state index in [2.05, 4.69) is 12.2 Å². The highest BCUT2D eigenvalue weighted by atomic mass is 16.2. The Morgan fingerprint density at radius 2 is 1.95 bits per heavy atom. The van der Waals surface area contributed by atoms with Crippen molar-refractivity contribution in [2.24, 2.45) is 5.92 Å². The molecule has 0 bridgehead atoms. The minimum atomic E-state index is -0.719. The Balaban J connectivity index is 2.24. The molecule has 4 nitrogen and oxygen atoms in total. The van der Waals surface area contributed by atoms with Crippen LogP contribution >= 0.6 is 0 Å². The van der Waals surface area contributed by atoms with Gasteiger partial charge in [0.25, 0.3) is 0 Å². The third-order valence-corrected chi connectivity index (χ3v) is 5.23. The van der Waals surface area contributed by atoms with Crippen molar-refractivity contribution in [3.63, 3.8) is 0 Å². The van der Waals surface area contributed by atoms with Gasteiger partial charge < -0.3 is 10.2 Å². The maximum atomic E-state index is 12.9. The Morgan fingerprint density at radius 1 is 1.25 bits per heavy atom. The van der Waals surface area contributed by atoms with E-state index in [1.165, 1.54) is 19.3 Å². The smallest absolute Gasteiger partial charge is 0.248 e. The molecule has 1 N–H and O–H groups in total. The lowest BCUT2D eigenvalue weighted by molar-refractivity contribution is -0.142. The van der Waals surface area contributed by atoms with Crippen molar-refractivity contribution in [2.75, 3.05) is 6.54 Å². The van der Waals surface area contributed by atoms with Gasteiger partial charge in [-0.1, -0.05) is 33.1 Å². The molecule has 0 spiro atoms. The van der Waals surface area contributed by atoms with Gasteiger partial charge in [0.05, 0.1) is 0 Å². The van der Waals surface area contributed by atoms with Gasteiger partial charge in [-0.25, -0.2) is 0 Å². The van der Waals surface area contributed by atoms with Crippen LogP contribution in [-0.4, -0.2) is 34.8 Å². The van der Waals surface area contributed by atoms with Gasteiger partial charge in [0, 0.05) is 19.0 Å². The maximum Gasteiger partial charge on any atom is 0.248 e. The monoisotopic (exact) mass is 280 g/mol. The molecule has 0 aromatic carbocycles. The molecule has 1 aliphatic carbocycles. The molecule has 3 unspecified atom stereocenters. The molecule has 1 saturated carbocycles. The largest absolute Gasteiger partial charge is 0.342 e. The predicted molar refractivity (Wildman–Crippen MR) is 79.2 cm³/mol. The van der Waals surface area contributed by atoms with Gasteiger partial charge in [-0.2, -0.15) is 0 Å². The van der Waals surface area contributed by atoms with Crippen LogP contribution < -0.4 is 5.32 Å². The summed E-state index contributed by atoms with van der Waals surface area (Å²) in [6, 6.07) is 0.333. The Bertz CT molecular complexity index is 383. The van der Waals surface area contributed by atoms with Crippen LogP contribution in [0.2, 0.25) is 0 Å². The SMILES string of the molecule is CCC1CCCCC1N1CCC(=O)NC(C)(CC)C1=O. The van der Waals surface area contributed by atoms with Crippen molar-refractivity contribution in [3.05, 3.63) is 0 Å². The van der Waals surface area contributed by atoms with Crippen molar-refractivity contribution >= 4 is 11.8 Å². The van der Waals surface area contributed by atoms with Crippen molar-refractivity contribution in [1.82, 2.24) is 10.2 Å². The van der Waals surface area contributed by atoms with Crippen LogP contribution in [0.1, 0.15) is 65.7 Å². The first-order chi connectivity index (χ1) is 9.51. The fourth-order valence-electron chi connectivity index (χ4n) is 3.69.